The molecule has 1 heterocycles. The molecule has 2 rings (SSSR count). The third-order valence-electron chi connectivity index (χ3n) is 3.25. The van der Waals surface area contributed by atoms with Crippen molar-refractivity contribution in [3.05, 3.63) is 34.3 Å². The lowest BCUT2D eigenvalue weighted by atomic mass is 10.1. The first-order valence-electron chi connectivity index (χ1n) is 6.52. The minimum atomic E-state index is 0.00769. The summed E-state index contributed by atoms with van der Waals surface area (Å²) in [6, 6.07) is 7.48. The minimum absolute atomic E-state index is 0.00769. The van der Waals surface area contributed by atoms with Crippen molar-refractivity contribution >= 4 is 21.8 Å². The summed E-state index contributed by atoms with van der Waals surface area (Å²) in [7, 11) is 0. The number of hydrogen-bond acceptors (Lipinski definition) is 2. The van der Waals surface area contributed by atoms with Gasteiger partial charge in [0.25, 0.3) is 5.91 Å². The number of nitrogens with one attached hydrogen (secondary N) is 1. The fourth-order valence-corrected chi connectivity index (χ4v) is 2.64. The average molecular weight is 311 g/mol. The number of rotatable bonds is 4. The van der Waals surface area contributed by atoms with E-state index in [0.717, 1.165) is 17.6 Å². The van der Waals surface area contributed by atoms with E-state index in [2.05, 4.69) is 26.1 Å². The first-order chi connectivity index (χ1) is 8.75. The van der Waals surface area contributed by atoms with Crippen molar-refractivity contribution in [3.8, 4) is 0 Å². The molecule has 98 valence electrons. The van der Waals surface area contributed by atoms with Crippen LogP contribution >= 0.6 is 15.9 Å². The van der Waals surface area contributed by atoms with Crippen molar-refractivity contribution in [1.29, 1.82) is 0 Å². The second-order valence-corrected chi connectivity index (χ2v) is 5.58. The van der Waals surface area contributed by atoms with Gasteiger partial charge in [-0.25, -0.2) is 0 Å². The van der Waals surface area contributed by atoms with Gasteiger partial charge in [0, 0.05) is 23.1 Å². The first-order valence-corrected chi connectivity index (χ1v) is 7.31. The van der Waals surface area contributed by atoms with Crippen LogP contribution in [0.25, 0.3) is 0 Å². The molecule has 0 saturated carbocycles. The van der Waals surface area contributed by atoms with E-state index in [1.54, 1.807) is 0 Å². The molecule has 1 aromatic rings. The zero-order valence-corrected chi connectivity index (χ0v) is 12.1. The fourth-order valence-electron chi connectivity index (χ4n) is 2.24. The normalized spacial score (nSPS) is 16.5. The third-order valence-corrected chi connectivity index (χ3v) is 3.74. The molecular weight excluding hydrogens is 292 g/mol. The highest BCUT2D eigenvalue weighted by atomic mass is 79.9. The Kier molecular flexibility index (Phi) is 5.20. The standard InChI is InChI=1S/C14H19BrN2O/c15-13-6-4-5-12(11-13)14(18)16-7-10-17-8-2-1-3-9-17/h4-6,11H,1-3,7-10H2,(H,16,18). The van der Waals surface area contributed by atoms with Crippen molar-refractivity contribution in [2.45, 2.75) is 19.3 Å². The Morgan fingerprint density at radius 3 is 2.78 bits per heavy atom. The largest absolute Gasteiger partial charge is 0.351 e. The van der Waals surface area contributed by atoms with Crippen LogP contribution in [0.1, 0.15) is 29.6 Å². The van der Waals surface area contributed by atoms with Crippen molar-refractivity contribution in [2.75, 3.05) is 26.2 Å². The molecule has 1 fully saturated rings. The molecule has 18 heavy (non-hydrogen) atoms. The molecule has 0 bridgehead atoms. The summed E-state index contributed by atoms with van der Waals surface area (Å²) < 4.78 is 0.936. The molecule has 1 aliphatic rings. The molecule has 0 spiro atoms. The number of carbonyl (C=O) groups excluding carboxylic acids is 1. The molecule has 0 aliphatic carbocycles. The van der Waals surface area contributed by atoms with Gasteiger partial charge in [-0.05, 0) is 44.1 Å². The maximum Gasteiger partial charge on any atom is 0.251 e. The van der Waals surface area contributed by atoms with Gasteiger partial charge in [-0.1, -0.05) is 28.4 Å². The topological polar surface area (TPSA) is 32.3 Å². The molecular formula is C14H19BrN2O. The van der Waals surface area contributed by atoms with Gasteiger partial charge < -0.3 is 10.2 Å². The Bertz CT molecular complexity index is 403. The summed E-state index contributed by atoms with van der Waals surface area (Å²) in [5.41, 5.74) is 0.711. The third kappa shape index (κ3) is 4.10. The quantitative estimate of drug-likeness (QED) is 0.927. The number of carbonyl (C=O) groups is 1. The molecule has 1 N–H and O–H groups in total. The predicted octanol–water partition coefficient (Wildman–Crippen LogP) is 2.66. The van der Waals surface area contributed by atoms with Gasteiger partial charge in [-0.15, -0.1) is 0 Å². The molecule has 0 radical (unpaired) electrons. The molecule has 1 aliphatic heterocycles. The van der Waals surface area contributed by atoms with Crippen LogP contribution in [-0.4, -0.2) is 37.0 Å². The Morgan fingerprint density at radius 1 is 1.28 bits per heavy atom. The summed E-state index contributed by atoms with van der Waals surface area (Å²) in [6.45, 7) is 4.03. The first kappa shape index (κ1) is 13.6. The SMILES string of the molecule is O=C(NCCN1CCCCC1)c1cccc(Br)c1. The molecule has 1 amide bonds. The Balaban J connectivity index is 1.74. The second-order valence-electron chi connectivity index (χ2n) is 4.67. The zero-order valence-electron chi connectivity index (χ0n) is 10.5. The van der Waals surface area contributed by atoms with Gasteiger partial charge in [0.15, 0.2) is 0 Å². The van der Waals surface area contributed by atoms with Crippen molar-refractivity contribution < 1.29 is 4.79 Å². The van der Waals surface area contributed by atoms with Crippen LogP contribution in [0, 0.1) is 0 Å². The molecule has 4 heteroatoms. The van der Waals surface area contributed by atoms with E-state index in [1.807, 2.05) is 24.3 Å². The van der Waals surface area contributed by atoms with Gasteiger partial charge in [0.2, 0.25) is 0 Å². The number of piperidine rings is 1. The van der Waals surface area contributed by atoms with E-state index in [0.29, 0.717) is 5.56 Å². The van der Waals surface area contributed by atoms with E-state index < -0.39 is 0 Å². The van der Waals surface area contributed by atoms with E-state index in [4.69, 9.17) is 0 Å². The van der Waals surface area contributed by atoms with E-state index in [-0.39, 0.29) is 5.91 Å². The lowest BCUT2D eigenvalue weighted by Crippen LogP contribution is -2.37. The highest BCUT2D eigenvalue weighted by Crippen LogP contribution is 2.11. The highest BCUT2D eigenvalue weighted by Gasteiger charge is 2.10. The summed E-state index contributed by atoms with van der Waals surface area (Å²) in [5, 5.41) is 2.97. The van der Waals surface area contributed by atoms with Crippen LogP contribution in [0.3, 0.4) is 0 Å². The van der Waals surface area contributed by atoms with Crippen molar-refractivity contribution in [1.82, 2.24) is 10.2 Å². The van der Waals surface area contributed by atoms with Crippen LogP contribution in [0.5, 0.6) is 0 Å². The van der Waals surface area contributed by atoms with Gasteiger partial charge in [-0.2, -0.15) is 0 Å². The Morgan fingerprint density at radius 2 is 2.06 bits per heavy atom. The number of nitrogens with zero attached hydrogens (tertiary/aromatic N) is 1. The van der Waals surface area contributed by atoms with Crippen LogP contribution in [0.15, 0.2) is 28.7 Å². The molecule has 0 atom stereocenters. The van der Waals surface area contributed by atoms with Crippen LogP contribution in [0.4, 0.5) is 0 Å². The second kappa shape index (κ2) is 6.90. The van der Waals surface area contributed by atoms with Gasteiger partial charge in [0.05, 0.1) is 0 Å². The lowest BCUT2D eigenvalue weighted by Gasteiger charge is -2.26. The number of hydrogen-bond donors (Lipinski definition) is 1. The smallest absolute Gasteiger partial charge is 0.251 e. The van der Waals surface area contributed by atoms with Crippen LogP contribution in [0.2, 0.25) is 0 Å². The van der Waals surface area contributed by atoms with Crippen LogP contribution < -0.4 is 5.32 Å². The molecule has 0 unspecified atom stereocenters. The molecule has 1 saturated heterocycles. The summed E-state index contributed by atoms with van der Waals surface area (Å²) in [5.74, 6) is 0.00769. The predicted molar refractivity (Wildman–Crippen MR) is 76.8 cm³/mol. The van der Waals surface area contributed by atoms with Crippen molar-refractivity contribution in [3.63, 3.8) is 0 Å². The summed E-state index contributed by atoms with van der Waals surface area (Å²) in [4.78, 5) is 14.3. The monoisotopic (exact) mass is 310 g/mol. The van der Waals surface area contributed by atoms with E-state index >= 15 is 0 Å². The summed E-state index contributed by atoms with van der Waals surface area (Å²) >= 11 is 3.37. The average Bonchev–Trinajstić information content (AvgIpc) is 2.40. The number of likely N-dealkylation sites (tertiary alicyclic amines) is 1. The molecule has 0 aromatic heterocycles. The maximum atomic E-state index is 11.9. The highest BCUT2D eigenvalue weighted by molar-refractivity contribution is 9.10. The zero-order chi connectivity index (χ0) is 12.8. The Hall–Kier alpha value is -0.870. The number of amides is 1. The van der Waals surface area contributed by atoms with E-state index in [9.17, 15) is 4.79 Å². The fraction of sp³-hybridized carbons (Fsp3) is 0.500. The summed E-state index contributed by atoms with van der Waals surface area (Å²) in [6.07, 6.45) is 3.93. The maximum absolute atomic E-state index is 11.9. The van der Waals surface area contributed by atoms with E-state index in [1.165, 1.54) is 32.4 Å². The van der Waals surface area contributed by atoms with Gasteiger partial charge >= 0.3 is 0 Å². The molecule has 3 nitrogen and oxygen atoms in total. The van der Waals surface area contributed by atoms with Gasteiger partial charge in [0.1, 0.15) is 0 Å². The minimum Gasteiger partial charge on any atom is -0.351 e. The van der Waals surface area contributed by atoms with Crippen molar-refractivity contribution in [2.24, 2.45) is 0 Å². The number of benzene rings is 1. The lowest BCUT2D eigenvalue weighted by molar-refractivity contribution is 0.0946. The van der Waals surface area contributed by atoms with Gasteiger partial charge in [-0.3, -0.25) is 4.79 Å². The molecule has 1 aromatic carbocycles. The number of halogens is 1. The Labute approximate surface area is 117 Å². The van der Waals surface area contributed by atoms with Crippen LogP contribution in [-0.2, 0) is 0 Å².